The molecule has 1 saturated heterocycles. The number of nitrogens with one attached hydrogen (secondary N) is 2. The first-order valence-corrected chi connectivity index (χ1v) is 10.6. The van der Waals surface area contributed by atoms with Crippen molar-refractivity contribution in [1.29, 1.82) is 0 Å². The van der Waals surface area contributed by atoms with E-state index in [0.29, 0.717) is 24.9 Å². The van der Waals surface area contributed by atoms with E-state index in [2.05, 4.69) is 62.0 Å². The molecular weight excluding hydrogens is 360 g/mol. The number of likely N-dealkylation sites (tertiary alicyclic amines) is 1. The molecule has 0 aliphatic carbocycles. The lowest BCUT2D eigenvalue weighted by Crippen LogP contribution is -2.43. The summed E-state index contributed by atoms with van der Waals surface area (Å²) in [6.07, 6.45) is 3.26. The second kappa shape index (κ2) is 9.85. The highest BCUT2D eigenvalue weighted by molar-refractivity contribution is 7.10. The van der Waals surface area contributed by atoms with E-state index in [1.54, 1.807) is 7.05 Å². The van der Waals surface area contributed by atoms with Crippen LogP contribution in [0.3, 0.4) is 0 Å². The van der Waals surface area contributed by atoms with Crippen molar-refractivity contribution in [2.45, 2.75) is 45.1 Å². The lowest BCUT2D eigenvalue weighted by molar-refractivity contribution is 0.249. The Hall–Kier alpha value is -1.93. The van der Waals surface area contributed by atoms with Crippen molar-refractivity contribution >= 4 is 17.3 Å². The van der Waals surface area contributed by atoms with Gasteiger partial charge in [-0.3, -0.25) is 9.89 Å². The SMILES string of the molecule is CN=C(NCCc1nc(C(C)C)no1)NCC(c1cccs1)N1CCCC1. The highest BCUT2D eigenvalue weighted by atomic mass is 32.1. The maximum absolute atomic E-state index is 5.29. The summed E-state index contributed by atoms with van der Waals surface area (Å²) in [4.78, 5) is 12.7. The monoisotopic (exact) mass is 390 g/mol. The van der Waals surface area contributed by atoms with Crippen LogP contribution in [0.15, 0.2) is 27.0 Å². The van der Waals surface area contributed by atoms with Crippen molar-refractivity contribution in [3.05, 3.63) is 34.1 Å². The van der Waals surface area contributed by atoms with Gasteiger partial charge < -0.3 is 15.2 Å². The van der Waals surface area contributed by atoms with Gasteiger partial charge in [0.2, 0.25) is 5.89 Å². The van der Waals surface area contributed by atoms with Gasteiger partial charge in [-0.25, -0.2) is 0 Å². The zero-order valence-corrected chi connectivity index (χ0v) is 17.3. The summed E-state index contributed by atoms with van der Waals surface area (Å²) in [5.74, 6) is 2.51. The first-order chi connectivity index (χ1) is 13.2. The molecule has 1 fully saturated rings. The molecule has 0 amide bonds. The van der Waals surface area contributed by atoms with Crippen LogP contribution in [0, 0.1) is 0 Å². The van der Waals surface area contributed by atoms with Crippen molar-refractivity contribution in [2.24, 2.45) is 4.99 Å². The van der Waals surface area contributed by atoms with Gasteiger partial charge >= 0.3 is 0 Å². The molecule has 148 valence electrons. The van der Waals surface area contributed by atoms with Gasteiger partial charge in [0.1, 0.15) is 0 Å². The lowest BCUT2D eigenvalue weighted by atomic mass is 10.2. The maximum atomic E-state index is 5.29. The molecule has 1 atom stereocenters. The Morgan fingerprint density at radius 2 is 2.15 bits per heavy atom. The molecule has 0 spiro atoms. The Bertz CT molecular complexity index is 706. The zero-order chi connectivity index (χ0) is 19.1. The summed E-state index contributed by atoms with van der Waals surface area (Å²) < 4.78 is 5.29. The molecule has 0 radical (unpaired) electrons. The summed E-state index contributed by atoms with van der Waals surface area (Å²) in [5.41, 5.74) is 0. The van der Waals surface area contributed by atoms with Crippen LogP contribution in [0.2, 0.25) is 0 Å². The van der Waals surface area contributed by atoms with Crippen LogP contribution in [0.5, 0.6) is 0 Å². The number of hydrogen-bond donors (Lipinski definition) is 2. The van der Waals surface area contributed by atoms with E-state index in [4.69, 9.17) is 4.52 Å². The van der Waals surface area contributed by atoms with Gasteiger partial charge in [0, 0.05) is 37.4 Å². The molecule has 7 nitrogen and oxygen atoms in total. The average molecular weight is 391 g/mol. The minimum atomic E-state index is 0.282. The van der Waals surface area contributed by atoms with E-state index in [-0.39, 0.29) is 5.92 Å². The Kier molecular flexibility index (Phi) is 7.23. The molecule has 2 aromatic rings. The van der Waals surface area contributed by atoms with Crippen LogP contribution >= 0.6 is 11.3 Å². The third kappa shape index (κ3) is 5.52. The number of aliphatic imine (C=N–C) groups is 1. The van der Waals surface area contributed by atoms with Crippen LogP contribution < -0.4 is 10.6 Å². The molecule has 8 heteroatoms. The normalized spacial score (nSPS) is 16.8. The van der Waals surface area contributed by atoms with E-state index in [9.17, 15) is 0 Å². The standard InChI is InChI=1S/C19H30N6OS/c1-14(2)18-23-17(26-24-18)8-9-21-19(20-3)22-13-15(16-7-6-12-27-16)25-10-4-5-11-25/h6-7,12,14-15H,4-5,8-11,13H2,1-3H3,(H2,20,21,22). The van der Waals surface area contributed by atoms with Crippen molar-refractivity contribution < 1.29 is 4.52 Å². The van der Waals surface area contributed by atoms with Gasteiger partial charge in [0.25, 0.3) is 0 Å². The smallest absolute Gasteiger partial charge is 0.228 e. The molecule has 3 heterocycles. The van der Waals surface area contributed by atoms with Crippen LogP contribution in [-0.4, -0.2) is 54.2 Å². The van der Waals surface area contributed by atoms with E-state index in [1.165, 1.54) is 30.8 Å². The Labute approximate surface area is 165 Å². The molecule has 0 saturated carbocycles. The average Bonchev–Trinajstić information content (AvgIpc) is 3.42. The first-order valence-electron chi connectivity index (χ1n) is 9.72. The molecule has 2 N–H and O–H groups in total. The molecule has 1 unspecified atom stereocenters. The van der Waals surface area contributed by atoms with E-state index in [1.807, 2.05) is 11.3 Å². The lowest BCUT2D eigenvalue weighted by Gasteiger charge is -2.27. The fourth-order valence-electron chi connectivity index (χ4n) is 3.25. The summed E-state index contributed by atoms with van der Waals surface area (Å²) in [5, 5.41) is 13.0. The number of rotatable bonds is 8. The predicted molar refractivity (Wildman–Crippen MR) is 109 cm³/mol. The van der Waals surface area contributed by atoms with Crippen LogP contribution in [0.4, 0.5) is 0 Å². The second-order valence-corrected chi connectivity index (χ2v) is 8.08. The quantitative estimate of drug-likeness (QED) is 0.533. The van der Waals surface area contributed by atoms with E-state index in [0.717, 1.165) is 18.3 Å². The molecule has 1 aliphatic heterocycles. The molecule has 1 aliphatic rings. The number of hydrogen-bond acceptors (Lipinski definition) is 6. The minimum absolute atomic E-state index is 0.282. The predicted octanol–water partition coefficient (Wildman–Crippen LogP) is 2.80. The van der Waals surface area contributed by atoms with Crippen molar-refractivity contribution in [1.82, 2.24) is 25.7 Å². The van der Waals surface area contributed by atoms with Gasteiger partial charge in [0.05, 0.1) is 6.04 Å². The molecular formula is C19H30N6OS. The fraction of sp³-hybridized carbons (Fsp3) is 0.632. The van der Waals surface area contributed by atoms with Gasteiger partial charge in [-0.1, -0.05) is 25.1 Å². The fourth-order valence-corrected chi connectivity index (χ4v) is 4.11. The molecule has 27 heavy (non-hydrogen) atoms. The third-order valence-electron chi connectivity index (χ3n) is 4.77. The molecule has 0 aromatic carbocycles. The number of aromatic nitrogens is 2. The Morgan fingerprint density at radius 3 is 2.78 bits per heavy atom. The Balaban J connectivity index is 1.48. The van der Waals surface area contributed by atoms with Gasteiger partial charge in [-0.05, 0) is 37.4 Å². The van der Waals surface area contributed by atoms with Crippen molar-refractivity contribution in [2.75, 3.05) is 33.2 Å². The summed E-state index contributed by atoms with van der Waals surface area (Å²) in [6.45, 7) is 8.01. The molecule has 2 aromatic heterocycles. The van der Waals surface area contributed by atoms with Gasteiger partial charge in [-0.2, -0.15) is 4.98 Å². The summed E-state index contributed by atoms with van der Waals surface area (Å²) in [6, 6.07) is 4.76. The third-order valence-corrected chi connectivity index (χ3v) is 5.74. The van der Waals surface area contributed by atoms with Crippen LogP contribution in [-0.2, 0) is 6.42 Å². The van der Waals surface area contributed by atoms with Crippen LogP contribution in [0.25, 0.3) is 0 Å². The minimum Gasteiger partial charge on any atom is -0.356 e. The van der Waals surface area contributed by atoms with Crippen molar-refractivity contribution in [3.63, 3.8) is 0 Å². The number of thiophene rings is 1. The maximum Gasteiger partial charge on any atom is 0.228 e. The van der Waals surface area contributed by atoms with Gasteiger partial charge in [0.15, 0.2) is 11.8 Å². The molecule has 3 rings (SSSR count). The van der Waals surface area contributed by atoms with E-state index >= 15 is 0 Å². The first kappa shape index (κ1) is 19.8. The largest absolute Gasteiger partial charge is 0.356 e. The van der Waals surface area contributed by atoms with Gasteiger partial charge in [-0.15, -0.1) is 11.3 Å². The Morgan fingerprint density at radius 1 is 1.33 bits per heavy atom. The van der Waals surface area contributed by atoms with Crippen LogP contribution in [0.1, 0.15) is 55.2 Å². The number of nitrogens with zero attached hydrogens (tertiary/aromatic N) is 4. The summed E-state index contributed by atoms with van der Waals surface area (Å²) in [7, 11) is 1.80. The number of guanidine groups is 1. The highest BCUT2D eigenvalue weighted by Crippen LogP contribution is 2.27. The molecule has 0 bridgehead atoms. The zero-order valence-electron chi connectivity index (χ0n) is 16.4. The van der Waals surface area contributed by atoms with E-state index < -0.39 is 0 Å². The second-order valence-electron chi connectivity index (χ2n) is 7.11. The highest BCUT2D eigenvalue weighted by Gasteiger charge is 2.24. The summed E-state index contributed by atoms with van der Waals surface area (Å²) >= 11 is 1.83. The van der Waals surface area contributed by atoms with Crippen molar-refractivity contribution in [3.8, 4) is 0 Å². The topological polar surface area (TPSA) is 78.6 Å².